The number of hydrogen-bond acceptors (Lipinski definition) is 18. The average molecular weight is 1220 g/mol. The molecule has 6 heterocycles. The Morgan fingerprint density at radius 3 is 2.21 bits per heavy atom. The summed E-state index contributed by atoms with van der Waals surface area (Å²) in [5.74, 6) is 0.725. The van der Waals surface area contributed by atoms with Crippen LogP contribution in [0.2, 0.25) is 10.0 Å². The predicted molar refractivity (Wildman–Crippen MR) is 319 cm³/mol. The number of rotatable bonds is 22. The fourth-order valence-electron chi connectivity index (χ4n) is 10.1. The van der Waals surface area contributed by atoms with Gasteiger partial charge in [-0.1, -0.05) is 41.4 Å². The van der Waals surface area contributed by atoms with Crippen molar-refractivity contribution in [3.8, 4) is 44.7 Å². The SMILES string of the molecule is COCCOCCOCCOCCOC[C@@]1(F)CC=C(c2nccc(COc3ccc4cc3C[C@H](C(=O)OC(C)(C)C)Oc3ncnc5sc(-c6ccc(F)cc6)c(c35)-c3c(C)c(Cl)c(c(Cl)c3C)O[C@H](CN3CCN(C)CC3)CO4)n2)CC1. The van der Waals surface area contributed by atoms with Gasteiger partial charge in [0.2, 0.25) is 12.0 Å². The van der Waals surface area contributed by atoms with Crippen molar-refractivity contribution in [1.29, 1.82) is 0 Å². The molecule has 4 aliphatic rings. The lowest BCUT2D eigenvalue weighted by atomic mass is 9.87. The summed E-state index contributed by atoms with van der Waals surface area (Å²) in [5, 5.41) is 1.09. The molecule has 1 saturated heterocycles. The van der Waals surface area contributed by atoms with Gasteiger partial charge < -0.3 is 52.3 Å². The maximum absolute atomic E-state index is 16.0. The smallest absolute Gasteiger partial charge is 0.348 e. The maximum Gasteiger partial charge on any atom is 0.348 e. The van der Waals surface area contributed by atoms with Crippen LogP contribution in [-0.2, 0) is 46.2 Å². The first-order chi connectivity index (χ1) is 40.5. The van der Waals surface area contributed by atoms with Crippen molar-refractivity contribution in [2.24, 2.45) is 0 Å². The minimum atomic E-state index is -1.54. The molecule has 0 spiro atoms. The number of esters is 1. The molecular weight excluding hydrogens is 1150 g/mol. The van der Waals surface area contributed by atoms with E-state index in [9.17, 15) is 9.18 Å². The van der Waals surface area contributed by atoms with Crippen LogP contribution in [0.25, 0.3) is 37.4 Å². The van der Waals surface area contributed by atoms with E-state index in [2.05, 4.69) is 21.8 Å². The molecule has 10 rings (SSSR count). The Labute approximate surface area is 503 Å². The van der Waals surface area contributed by atoms with Gasteiger partial charge in [0.1, 0.15) is 59.1 Å². The first-order valence-electron chi connectivity index (χ1n) is 28.3. The lowest BCUT2D eigenvalue weighted by molar-refractivity contribution is -0.163. The summed E-state index contributed by atoms with van der Waals surface area (Å²) >= 11 is 16.2. The van der Waals surface area contributed by atoms with Crippen LogP contribution in [0.1, 0.15) is 68.2 Å². The largest absolute Gasteiger partial charge is 0.490 e. The molecule has 0 radical (unpaired) electrons. The highest BCUT2D eigenvalue weighted by molar-refractivity contribution is 7.22. The number of thiophene rings is 1. The number of aromatic nitrogens is 4. The molecule has 4 bridgehead atoms. The number of benzene rings is 3. The number of piperazine rings is 1. The van der Waals surface area contributed by atoms with Gasteiger partial charge in [-0.2, -0.15) is 0 Å². The van der Waals surface area contributed by atoms with E-state index >= 15 is 4.39 Å². The lowest BCUT2D eigenvalue weighted by Crippen LogP contribution is -2.49. The summed E-state index contributed by atoms with van der Waals surface area (Å²) in [6.07, 6.45) is 3.76. The van der Waals surface area contributed by atoms with Crippen LogP contribution in [-0.4, -0.2) is 172 Å². The second kappa shape index (κ2) is 29.2. The number of methoxy groups -OCH3 is 1. The van der Waals surface area contributed by atoms with Crippen LogP contribution in [0.15, 0.2) is 67.1 Å². The Hall–Kier alpha value is -5.65. The molecular formula is C62H74Cl2F2N6O11S. The maximum atomic E-state index is 16.0. The second-order valence-corrected chi connectivity index (χ2v) is 23.9. The molecule has 17 nitrogen and oxygen atoms in total. The number of carbonyl (C=O) groups is 1. The van der Waals surface area contributed by atoms with Crippen molar-refractivity contribution in [2.75, 3.05) is 113 Å². The molecule has 3 aromatic heterocycles. The molecule has 0 saturated carbocycles. The Kier molecular flexibility index (Phi) is 21.8. The number of fused-ring (bicyclic) bond motifs is 7. The summed E-state index contributed by atoms with van der Waals surface area (Å²) in [4.78, 5) is 39.4. The van der Waals surface area contributed by atoms with Crippen LogP contribution < -0.4 is 18.9 Å². The molecule has 84 heavy (non-hydrogen) atoms. The van der Waals surface area contributed by atoms with Crippen molar-refractivity contribution in [3.63, 3.8) is 0 Å². The minimum absolute atomic E-state index is 0.0156. The number of nitrogens with zero attached hydrogens (tertiary/aromatic N) is 6. The normalized spacial score (nSPS) is 18.9. The molecule has 452 valence electrons. The number of alkyl halides is 1. The minimum Gasteiger partial charge on any atom is -0.490 e. The quantitative estimate of drug-likeness (QED) is 0.0465. The summed E-state index contributed by atoms with van der Waals surface area (Å²) in [5.41, 5.74) is 2.84. The van der Waals surface area contributed by atoms with Gasteiger partial charge in [0, 0.05) is 74.9 Å². The molecule has 1 fully saturated rings. The van der Waals surface area contributed by atoms with Gasteiger partial charge in [0.15, 0.2) is 11.6 Å². The van der Waals surface area contributed by atoms with Gasteiger partial charge in [0.25, 0.3) is 0 Å². The van der Waals surface area contributed by atoms with E-state index in [1.807, 2.05) is 26.0 Å². The number of ether oxygens (including phenoxy) is 10. The van der Waals surface area contributed by atoms with Crippen molar-refractivity contribution < 1.29 is 60.9 Å². The van der Waals surface area contributed by atoms with Crippen molar-refractivity contribution in [1.82, 2.24) is 29.7 Å². The Morgan fingerprint density at radius 2 is 1.55 bits per heavy atom. The summed E-state index contributed by atoms with van der Waals surface area (Å²) < 4.78 is 90.8. The van der Waals surface area contributed by atoms with E-state index in [1.165, 1.54) is 29.8 Å². The third kappa shape index (κ3) is 16.4. The van der Waals surface area contributed by atoms with Gasteiger partial charge in [-0.05, 0) is 119 Å². The van der Waals surface area contributed by atoms with Crippen LogP contribution in [0.5, 0.6) is 23.1 Å². The molecule has 3 atom stereocenters. The molecule has 0 amide bonds. The highest BCUT2D eigenvalue weighted by Crippen LogP contribution is 2.53. The zero-order chi connectivity index (χ0) is 59.4. The van der Waals surface area contributed by atoms with Crippen molar-refractivity contribution >= 4 is 56.3 Å². The van der Waals surface area contributed by atoms with Gasteiger partial charge >= 0.3 is 5.97 Å². The third-order valence-electron chi connectivity index (χ3n) is 14.6. The molecule has 6 aromatic rings. The van der Waals surface area contributed by atoms with Crippen molar-refractivity contribution in [2.45, 2.75) is 90.4 Å². The van der Waals surface area contributed by atoms with E-state index < -0.39 is 35.3 Å². The highest BCUT2D eigenvalue weighted by Gasteiger charge is 2.36. The number of likely N-dealkylation sites (N-methyl/N-ethyl adjacent to an activating group) is 1. The van der Waals surface area contributed by atoms with Crippen LogP contribution >= 0.6 is 34.5 Å². The molecule has 0 N–H and O–H groups in total. The first kappa shape index (κ1) is 62.9. The van der Waals surface area contributed by atoms with Gasteiger partial charge in [-0.3, -0.25) is 4.90 Å². The molecule has 3 aliphatic heterocycles. The Balaban J connectivity index is 0.991. The summed E-state index contributed by atoms with van der Waals surface area (Å²) in [6, 6.07) is 13.4. The van der Waals surface area contributed by atoms with Gasteiger partial charge in [-0.25, -0.2) is 33.5 Å². The highest BCUT2D eigenvalue weighted by atomic mass is 35.5. The zero-order valence-corrected chi connectivity index (χ0v) is 51.1. The Bertz CT molecular complexity index is 3210. The number of carbonyl (C=O) groups excluding carboxylic acids is 1. The molecule has 22 heteroatoms. The van der Waals surface area contributed by atoms with E-state index in [4.69, 9.17) is 85.5 Å². The second-order valence-electron chi connectivity index (χ2n) is 22.1. The van der Waals surface area contributed by atoms with E-state index in [0.717, 1.165) is 36.6 Å². The average Bonchev–Trinajstić information content (AvgIpc) is 2.93. The van der Waals surface area contributed by atoms with E-state index in [0.29, 0.717) is 142 Å². The molecule has 0 unspecified atom stereocenters. The molecule has 3 aromatic carbocycles. The number of allylic oxidation sites excluding steroid dienone is 2. The third-order valence-corrected chi connectivity index (χ3v) is 16.7. The number of hydrogen-bond donors (Lipinski definition) is 0. The predicted octanol–water partition coefficient (Wildman–Crippen LogP) is 11.2. The van der Waals surface area contributed by atoms with Gasteiger partial charge in [0.05, 0.1) is 80.6 Å². The van der Waals surface area contributed by atoms with Gasteiger partial charge in [-0.15, -0.1) is 11.3 Å². The van der Waals surface area contributed by atoms with Crippen LogP contribution in [0.3, 0.4) is 0 Å². The topological polar surface area (TPSA) is 167 Å². The fraction of sp³-hybridized carbons (Fsp3) is 0.500. The summed E-state index contributed by atoms with van der Waals surface area (Å²) in [6.45, 7) is 16.6. The zero-order valence-electron chi connectivity index (χ0n) is 48.7. The number of halogens is 4. The fourth-order valence-corrected chi connectivity index (χ4v) is 11.8. The monoisotopic (exact) mass is 1220 g/mol. The van der Waals surface area contributed by atoms with Crippen LogP contribution in [0.4, 0.5) is 8.78 Å². The molecule has 1 aliphatic carbocycles. The van der Waals surface area contributed by atoms with Crippen molar-refractivity contribution in [3.05, 3.63) is 111 Å². The van der Waals surface area contributed by atoms with E-state index in [1.54, 1.807) is 64.4 Å². The standard InChI is InChI=1S/C62H74Cl2F2N6O11S/c1-39-50-40(2)54(64)55(53(39)63)81-47(34-72-22-20-71(6)21-23-72)36-79-46-12-13-48(80-35-45-16-19-67-57(70-45)42-14-17-62(66,18-15-42)37-78-31-30-77-29-28-76-27-26-75-25-24-74-7)43(32-46)33-49(60(73)83-61(3,4)5)82-58-52-51(50)56(84-59(52)69-38-68-58)41-8-10-44(65)11-9-41/h8-14,16,19,32,38,47,49H,15,17-18,20-31,33-37H2,1-7H3/t47-,49-,62-/m1/s1. The Morgan fingerprint density at radius 1 is 0.857 bits per heavy atom. The summed E-state index contributed by atoms with van der Waals surface area (Å²) in [7, 11) is 3.73. The first-order valence-corrected chi connectivity index (χ1v) is 29.9. The van der Waals surface area contributed by atoms with Crippen LogP contribution in [0, 0.1) is 19.7 Å². The lowest BCUT2D eigenvalue weighted by Gasteiger charge is -2.35. The van der Waals surface area contributed by atoms with E-state index in [-0.39, 0.29) is 51.6 Å².